The molecule has 0 saturated carbocycles. The standard InChI is InChI=1S/C24H22Cl4N2O5/c1-2-34-24(33)20(22(31)29-30-10-4-3-5-11-30)21(16-8-6-14(25)12-18(16)27)35-23(32)17-9-7-15(26)13-19(17)28/h6-9,12-13H,2-5,10-11H2,1H3,(H,29,31). The van der Waals surface area contributed by atoms with Crippen LogP contribution in [0.5, 0.6) is 0 Å². The molecule has 1 aliphatic heterocycles. The minimum absolute atomic E-state index is 0.0160. The minimum atomic E-state index is -0.988. The Bertz CT molecular complexity index is 1160. The summed E-state index contributed by atoms with van der Waals surface area (Å²) in [7, 11) is 0. The van der Waals surface area contributed by atoms with E-state index in [4.69, 9.17) is 55.9 Å². The highest BCUT2D eigenvalue weighted by Gasteiger charge is 2.31. The Morgan fingerprint density at radius 3 is 2.00 bits per heavy atom. The molecule has 1 aliphatic rings. The summed E-state index contributed by atoms with van der Waals surface area (Å²) < 4.78 is 10.7. The molecule has 2 aromatic carbocycles. The number of ether oxygens (including phenoxy) is 2. The van der Waals surface area contributed by atoms with Gasteiger partial charge in [0.15, 0.2) is 11.3 Å². The number of benzene rings is 2. The molecule has 1 saturated heterocycles. The van der Waals surface area contributed by atoms with Gasteiger partial charge >= 0.3 is 11.9 Å². The van der Waals surface area contributed by atoms with Gasteiger partial charge in [0.2, 0.25) is 0 Å². The van der Waals surface area contributed by atoms with Crippen LogP contribution >= 0.6 is 46.4 Å². The monoisotopic (exact) mass is 558 g/mol. The number of rotatable bonds is 7. The van der Waals surface area contributed by atoms with Gasteiger partial charge in [0.05, 0.1) is 22.2 Å². The molecule has 1 N–H and O–H groups in total. The van der Waals surface area contributed by atoms with Gasteiger partial charge in [-0.2, -0.15) is 0 Å². The number of carbonyl (C=O) groups excluding carboxylic acids is 3. The Labute approximate surface area is 222 Å². The second kappa shape index (κ2) is 12.6. The summed E-state index contributed by atoms with van der Waals surface area (Å²) in [5, 5.41) is 2.40. The maximum Gasteiger partial charge on any atom is 0.347 e. The molecular formula is C24H22Cl4N2O5. The van der Waals surface area contributed by atoms with Crippen molar-refractivity contribution in [3.05, 3.63) is 73.2 Å². The molecule has 1 heterocycles. The first-order valence-electron chi connectivity index (χ1n) is 10.8. The van der Waals surface area contributed by atoms with E-state index in [-0.39, 0.29) is 27.8 Å². The molecular weight excluding hydrogens is 538 g/mol. The van der Waals surface area contributed by atoms with Crippen LogP contribution in [-0.4, -0.2) is 42.6 Å². The van der Waals surface area contributed by atoms with Crippen LogP contribution in [0.25, 0.3) is 5.76 Å². The average Bonchev–Trinajstić information content (AvgIpc) is 2.79. The number of amides is 1. The number of hydrogen-bond acceptors (Lipinski definition) is 6. The first-order valence-corrected chi connectivity index (χ1v) is 12.3. The summed E-state index contributed by atoms with van der Waals surface area (Å²) in [5.74, 6) is -3.12. The van der Waals surface area contributed by atoms with Crippen molar-refractivity contribution in [3.8, 4) is 0 Å². The van der Waals surface area contributed by atoms with Crippen LogP contribution in [0.4, 0.5) is 0 Å². The molecule has 0 spiro atoms. The van der Waals surface area contributed by atoms with Crippen molar-refractivity contribution >= 4 is 70.0 Å². The predicted octanol–water partition coefficient (Wildman–Crippen LogP) is 5.95. The van der Waals surface area contributed by atoms with Crippen LogP contribution in [0, 0.1) is 0 Å². The van der Waals surface area contributed by atoms with Gasteiger partial charge < -0.3 is 9.47 Å². The molecule has 1 amide bonds. The summed E-state index contributed by atoms with van der Waals surface area (Å²) in [6, 6.07) is 8.51. The Morgan fingerprint density at radius 1 is 0.886 bits per heavy atom. The maximum atomic E-state index is 13.3. The lowest BCUT2D eigenvalue weighted by Gasteiger charge is -2.27. The number of carbonyl (C=O) groups is 3. The van der Waals surface area contributed by atoms with E-state index in [9.17, 15) is 14.4 Å². The Morgan fingerprint density at radius 2 is 1.46 bits per heavy atom. The van der Waals surface area contributed by atoms with Crippen molar-refractivity contribution in [2.45, 2.75) is 26.2 Å². The quantitative estimate of drug-likeness (QED) is 0.148. The number of nitrogens with zero attached hydrogens (tertiary/aromatic N) is 1. The van der Waals surface area contributed by atoms with Crippen LogP contribution < -0.4 is 5.43 Å². The average molecular weight is 560 g/mol. The van der Waals surface area contributed by atoms with Gasteiger partial charge in [0, 0.05) is 28.7 Å². The maximum absolute atomic E-state index is 13.3. The Hall–Kier alpha value is -2.29. The third-order valence-electron chi connectivity index (χ3n) is 5.07. The molecule has 11 heteroatoms. The van der Waals surface area contributed by atoms with Gasteiger partial charge in [-0.3, -0.25) is 10.2 Å². The molecule has 2 aromatic rings. The minimum Gasteiger partial charge on any atom is -0.462 e. The third-order valence-corrected chi connectivity index (χ3v) is 6.17. The molecule has 0 atom stereocenters. The topological polar surface area (TPSA) is 84.9 Å². The summed E-state index contributed by atoms with van der Waals surface area (Å²) in [6.45, 7) is 2.79. The summed E-state index contributed by atoms with van der Waals surface area (Å²) in [4.78, 5) is 39.4. The Balaban J connectivity index is 2.13. The van der Waals surface area contributed by atoms with Crippen molar-refractivity contribution < 1.29 is 23.9 Å². The molecule has 1 fully saturated rings. The van der Waals surface area contributed by atoms with Crippen molar-refractivity contribution in [2.75, 3.05) is 19.7 Å². The highest BCUT2D eigenvalue weighted by molar-refractivity contribution is 6.37. The molecule has 7 nitrogen and oxygen atoms in total. The van der Waals surface area contributed by atoms with Crippen molar-refractivity contribution in [1.29, 1.82) is 0 Å². The molecule has 35 heavy (non-hydrogen) atoms. The molecule has 0 aliphatic carbocycles. The van der Waals surface area contributed by atoms with E-state index in [0.717, 1.165) is 19.3 Å². The second-order valence-corrected chi connectivity index (χ2v) is 9.24. The molecule has 0 radical (unpaired) electrons. The lowest BCUT2D eigenvalue weighted by molar-refractivity contribution is -0.141. The van der Waals surface area contributed by atoms with Crippen LogP contribution in [0.15, 0.2) is 42.0 Å². The van der Waals surface area contributed by atoms with E-state index in [1.54, 1.807) is 11.9 Å². The van der Waals surface area contributed by atoms with Gasteiger partial charge in [-0.1, -0.05) is 52.8 Å². The van der Waals surface area contributed by atoms with Crippen molar-refractivity contribution in [3.63, 3.8) is 0 Å². The fraction of sp³-hybridized carbons (Fsp3) is 0.292. The number of piperidine rings is 1. The first kappa shape index (κ1) is 27.3. The lowest BCUT2D eigenvalue weighted by atomic mass is 10.1. The molecule has 3 rings (SSSR count). The highest BCUT2D eigenvalue weighted by atomic mass is 35.5. The third kappa shape index (κ3) is 7.12. The first-order chi connectivity index (χ1) is 16.7. The van der Waals surface area contributed by atoms with Crippen molar-refractivity contribution in [2.24, 2.45) is 0 Å². The van der Waals surface area contributed by atoms with Crippen LogP contribution in [0.2, 0.25) is 20.1 Å². The Kier molecular flexibility index (Phi) is 9.83. The summed E-state index contributed by atoms with van der Waals surface area (Å²) >= 11 is 24.5. The zero-order valence-electron chi connectivity index (χ0n) is 18.7. The van der Waals surface area contributed by atoms with Gasteiger partial charge in [-0.25, -0.2) is 14.6 Å². The predicted molar refractivity (Wildman–Crippen MR) is 135 cm³/mol. The molecule has 186 valence electrons. The van der Waals surface area contributed by atoms with Gasteiger partial charge in [0.1, 0.15) is 0 Å². The zero-order chi connectivity index (χ0) is 25.5. The van der Waals surface area contributed by atoms with Gasteiger partial charge in [-0.05, 0) is 56.2 Å². The van der Waals surface area contributed by atoms with Crippen LogP contribution in [0.1, 0.15) is 42.1 Å². The van der Waals surface area contributed by atoms with E-state index in [2.05, 4.69) is 5.43 Å². The molecule has 0 aromatic heterocycles. The molecule has 0 bridgehead atoms. The largest absolute Gasteiger partial charge is 0.462 e. The van der Waals surface area contributed by atoms with E-state index >= 15 is 0 Å². The number of nitrogens with one attached hydrogen (secondary N) is 1. The summed E-state index contributed by atoms with van der Waals surface area (Å²) in [6.07, 6.45) is 2.81. The highest BCUT2D eigenvalue weighted by Crippen LogP contribution is 2.32. The second-order valence-electron chi connectivity index (χ2n) is 7.55. The number of esters is 2. The van der Waals surface area contributed by atoms with Gasteiger partial charge in [0.25, 0.3) is 5.91 Å². The number of hydrogen-bond donors (Lipinski definition) is 1. The number of hydrazine groups is 1. The lowest BCUT2D eigenvalue weighted by Crippen LogP contribution is -2.46. The normalized spacial score (nSPS) is 14.7. The zero-order valence-corrected chi connectivity index (χ0v) is 21.7. The SMILES string of the molecule is CCOC(=O)C(C(=O)NN1CCCCC1)=C(OC(=O)c1ccc(Cl)cc1Cl)c1ccc(Cl)cc1Cl. The fourth-order valence-electron chi connectivity index (χ4n) is 3.41. The van der Waals surface area contributed by atoms with Crippen LogP contribution in [-0.2, 0) is 19.1 Å². The van der Waals surface area contributed by atoms with E-state index in [0.29, 0.717) is 23.1 Å². The van der Waals surface area contributed by atoms with E-state index in [1.807, 2.05) is 0 Å². The van der Waals surface area contributed by atoms with Gasteiger partial charge in [-0.15, -0.1) is 0 Å². The van der Waals surface area contributed by atoms with Crippen molar-refractivity contribution in [1.82, 2.24) is 10.4 Å². The fourth-order valence-corrected chi connectivity index (χ4v) is 4.39. The smallest absolute Gasteiger partial charge is 0.347 e. The van der Waals surface area contributed by atoms with E-state index in [1.165, 1.54) is 36.4 Å². The summed E-state index contributed by atoms with van der Waals surface area (Å²) in [5.41, 5.74) is 2.24. The van der Waals surface area contributed by atoms with E-state index < -0.39 is 29.2 Å². The molecule has 0 unspecified atom stereocenters. The van der Waals surface area contributed by atoms with Crippen LogP contribution in [0.3, 0.4) is 0 Å². The number of halogens is 4.